The quantitative estimate of drug-likeness (QED) is 0.757. The molecule has 2 bridgehead atoms. The molecule has 2 heteroatoms. The highest BCUT2D eigenvalue weighted by Gasteiger charge is 2.63. The number of methoxy groups -OCH3 is 1. The minimum Gasteiger partial charge on any atom is -0.381 e. The van der Waals surface area contributed by atoms with Crippen LogP contribution in [0.4, 0.5) is 0 Å². The first kappa shape index (κ1) is 13.6. The molecular formula is C17H28O2. The predicted molar refractivity (Wildman–Crippen MR) is 75.9 cm³/mol. The summed E-state index contributed by atoms with van der Waals surface area (Å²) in [6.45, 7) is 7.45. The molecule has 19 heavy (non-hydrogen) atoms. The van der Waals surface area contributed by atoms with Crippen LogP contribution in [0.1, 0.15) is 59.3 Å². The fraction of sp³-hybridized carbons (Fsp3) is 0.941. The van der Waals surface area contributed by atoms with Gasteiger partial charge in [0, 0.05) is 20.0 Å². The third-order valence-electron chi connectivity index (χ3n) is 7.34. The van der Waals surface area contributed by atoms with Crippen molar-refractivity contribution in [3.63, 3.8) is 0 Å². The summed E-state index contributed by atoms with van der Waals surface area (Å²) >= 11 is 0. The Labute approximate surface area is 117 Å². The number of ketones is 1. The van der Waals surface area contributed by atoms with Crippen LogP contribution < -0.4 is 0 Å². The van der Waals surface area contributed by atoms with Crippen LogP contribution in [0.25, 0.3) is 0 Å². The van der Waals surface area contributed by atoms with Crippen molar-refractivity contribution in [3.05, 3.63) is 0 Å². The molecule has 5 atom stereocenters. The highest BCUT2D eigenvalue weighted by atomic mass is 16.5. The van der Waals surface area contributed by atoms with Crippen LogP contribution in [-0.2, 0) is 9.53 Å². The van der Waals surface area contributed by atoms with Crippen molar-refractivity contribution in [2.24, 2.45) is 28.6 Å². The number of Topliss-reactive ketones (excluding diaryl/α,β-unsaturated/α-hetero) is 1. The maximum absolute atomic E-state index is 11.7. The largest absolute Gasteiger partial charge is 0.381 e. The molecule has 0 aromatic carbocycles. The van der Waals surface area contributed by atoms with Gasteiger partial charge in [-0.25, -0.2) is 0 Å². The van der Waals surface area contributed by atoms with Crippen molar-refractivity contribution in [1.29, 1.82) is 0 Å². The lowest BCUT2D eigenvalue weighted by Gasteiger charge is -2.46. The van der Waals surface area contributed by atoms with E-state index >= 15 is 0 Å². The van der Waals surface area contributed by atoms with Gasteiger partial charge in [0.2, 0.25) is 0 Å². The van der Waals surface area contributed by atoms with E-state index in [2.05, 4.69) is 20.8 Å². The Morgan fingerprint density at radius 1 is 1.21 bits per heavy atom. The van der Waals surface area contributed by atoms with Gasteiger partial charge >= 0.3 is 0 Å². The van der Waals surface area contributed by atoms with Crippen molar-refractivity contribution in [3.8, 4) is 0 Å². The molecule has 0 aromatic heterocycles. The molecule has 3 saturated carbocycles. The fourth-order valence-corrected chi connectivity index (χ4v) is 5.62. The molecular weight excluding hydrogens is 236 g/mol. The Hall–Kier alpha value is -0.370. The van der Waals surface area contributed by atoms with E-state index in [4.69, 9.17) is 4.74 Å². The van der Waals surface area contributed by atoms with Gasteiger partial charge < -0.3 is 4.74 Å². The van der Waals surface area contributed by atoms with Crippen molar-refractivity contribution < 1.29 is 9.53 Å². The molecule has 3 rings (SSSR count). The number of rotatable bonds is 2. The maximum Gasteiger partial charge on any atom is 0.135 e. The normalized spacial score (nSPS) is 48.7. The summed E-state index contributed by atoms with van der Waals surface area (Å²) in [7, 11) is 1.79. The lowest BCUT2D eigenvalue weighted by atomic mass is 9.60. The number of carbonyl (C=O) groups is 1. The van der Waals surface area contributed by atoms with E-state index in [1.54, 1.807) is 7.11 Å². The standard InChI is InChI=1S/C17H28O2/c1-16(2)11-7-8-17(16,3)14(9-11)13-6-5-12(18)10-15(13)19-4/h11,13-15H,5-10H2,1-4H3/t11-,13?,14+,15?,17+/m0/s1. The highest BCUT2D eigenvalue weighted by molar-refractivity contribution is 5.79. The van der Waals surface area contributed by atoms with Gasteiger partial charge in [0.25, 0.3) is 0 Å². The van der Waals surface area contributed by atoms with Crippen LogP contribution in [0.2, 0.25) is 0 Å². The van der Waals surface area contributed by atoms with Crippen LogP contribution in [0.5, 0.6) is 0 Å². The molecule has 3 aliphatic carbocycles. The fourth-order valence-electron chi connectivity index (χ4n) is 5.62. The topological polar surface area (TPSA) is 26.3 Å². The molecule has 0 radical (unpaired) electrons. The molecule has 108 valence electrons. The first-order valence-corrected chi connectivity index (χ1v) is 7.94. The maximum atomic E-state index is 11.7. The average molecular weight is 264 g/mol. The summed E-state index contributed by atoms with van der Waals surface area (Å²) in [5, 5.41) is 0. The second kappa shape index (κ2) is 4.31. The van der Waals surface area contributed by atoms with Gasteiger partial charge in [-0.1, -0.05) is 20.8 Å². The van der Waals surface area contributed by atoms with Crippen LogP contribution >= 0.6 is 0 Å². The molecule has 0 saturated heterocycles. The van der Waals surface area contributed by atoms with E-state index in [1.807, 2.05) is 0 Å². The monoisotopic (exact) mass is 264 g/mol. The van der Waals surface area contributed by atoms with E-state index in [0.29, 0.717) is 29.0 Å². The number of fused-ring (bicyclic) bond motifs is 2. The van der Waals surface area contributed by atoms with E-state index < -0.39 is 0 Å². The first-order valence-electron chi connectivity index (χ1n) is 7.94. The molecule has 0 spiro atoms. The van der Waals surface area contributed by atoms with E-state index in [9.17, 15) is 4.79 Å². The molecule has 0 aliphatic heterocycles. The van der Waals surface area contributed by atoms with Gasteiger partial charge in [0.1, 0.15) is 5.78 Å². The predicted octanol–water partition coefficient (Wildman–Crippen LogP) is 3.83. The van der Waals surface area contributed by atoms with Gasteiger partial charge in [-0.2, -0.15) is 0 Å². The Kier molecular flexibility index (Phi) is 3.09. The third-order valence-corrected chi connectivity index (χ3v) is 7.34. The summed E-state index contributed by atoms with van der Waals surface area (Å²) in [6.07, 6.45) is 6.81. The first-order chi connectivity index (χ1) is 8.90. The smallest absolute Gasteiger partial charge is 0.135 e. The zero-order chi connectivity index (χ0) is 13.8. The second-order valence-electron chi connectivity index (χ2n) is 7.94. The zero-order valence-corrected chi connectivity index (χ0v) is 12.9. The summed E-state index contributed by atoms with van der Waals surface area (Å²) in [5.74, 6) is 2.66. The van der Waals surface area contributed by atoms with Crippen LogP contribution in [0, 0.1) is 28.6 Å². The Balaban J connectivity index is 1.85. The Morgan fingerprint density at radius 3 is 2.47 bits per heavy atom. The molecule has 2 unspecified atom stereocenters. The van der Waals surface area contributed by atoms with Crippen molar-refractivity contribution >= 4 is 5.78 Å². The zero-order valence-electron chi connectivity index (χ0n) is 12.9. The molecule has 0 N–H and O–H groups in total. The van der Waals surface area contributed by atoms with Gasteiger partial charge in [-0.15, -0.1) is 0 Å². The van der Waals surface area contributed by atoms with Crippen molar-refractivity contribution in [2.75, 3.05) is 7.11 Å². The summed E-state index contributed by atoms with van der Waals surface area (Å²) in [4.78, 5) is 11.7. The highest BCUT2D eigenvalue weighted by Crippen LogP contribution is 2.70. The number of carbonyl (C=O) groups excluding carboxylic acids is 1. The van der Waals surface area contributed by atoms with Crippen LogP contribution in [-0.4, -0.2) is 19.0 Å². The Bertz CT molecular complexity index is 387. The molecule has 3 fully saturated rings. The molecule has 0 aromatic rings. The molecule has 3 aliphatic rings. The summed E-state index contributed by atoms with van der Waals surface area (Å²) < 4.78 is 5.69. The summed E-state index contributed by atoms with van der Waals surface area (Å²) in [5.41, 5.74) is 0.927. The van der Waals surface area contributed by atoms with E-state index in [-0.39, 0.29) is 6.10 Å². The SMILES string of the molecule is COC1CC(=O)CCC1[C@H]1C[C@@H]2CC[C@@]1(C)C2(C)C. The van der Waals surface area contributed by atoms with Gasteiger partial charge in [0.05, 0.1) is 6.10 Å². The summed E-state index contributed by atoms with van der Waals surface area (Å²) in [6, 6.07) is 0. The van der Waals surface area contributed by atoms with E-state index in [1.165, 1.54) is 19.3 Å². The van der Waals surface area contributed by atoms with Gasteiger partial charge in [-0.3, -0.25) is 4.79 Å². The van der Waals surface area contributed by atoms with Gasteiger partial charge in [0.15, 0.2) is 0 Å². The van der Waals surface area contributed by atoms with Crippen LogP contribution in [0.15, 0.2) is 0 Å². The number of hydrogen-bond donors (Lipinski definition) is 0. The van der Waals surface area contributed by atoms with Crippen LogP contribution in [0.3, 0.4) is 0 Å². The van der Waals surface area contributed by atoms with Crippen molar-refractivity contribution in [1.82, 2.24) is 0 Å². The van der Waals surface area contributed by atoms with E-state index in [0.717, 1.165) is 24.7 Å². The minimum absolute atomic E-state index is 0.179. The lowest BCUT2D eigenvalue weighted by molar-refractivity contribution is -0.129. The number of hydrogen-bond acceptors (Lipinski definition) is 2. The molecule has 2 nitrogen and oxygen atoms in total. The second-order valence-corrected chi connectivity index (χ2v) is 7.94. The Morgan fingerprint density at radius 2 is 1.95 bits per heavy atom. The number of ether oxygens (including phenoxy) is 1. The third kappa shape index (κ3) is 1.75. The van der Waals surface area contributed by atoms with Crippen molar-refractivity contribution in [2.45, 2.75) is 65.4 Å². The van der Waals surface area contributed by atoms with Gasteiger partial charge in [-0.05, 0) is 54.3 Å². The average Bonchev–Trinajstić information content (AvgIpc) is 2.71. The lowest BCUT2D eigenvalue weighted by Crippen LogP contribution is -2.43. The molecule has 0 heterocycles. The molecule has 0 amide bonds. The minimum atomic E-state index is 0.179.